The first-order chi connectivity index (χ1) is 6.90. The Labute approximate surface area is 85.7 Å². The van der Waals surface area contributed by atoms with E-state index in [1.54, 1.807) is 0 Å². The highest BCUT2D eigenvalue weighted by molar-refractivity contribution is 5.44. The first-order valence-electron chi connectivity index (χ1n) is 5.38. The second-order valence-electron chi connectivity index (χ2n) is 3.92. The number of nitrogens with one attached hydrogen (secondary N) is 2. The summed E-state index contributed by atoms with van der Waals surface area (Å²) in [6, 6.07) is 8.79. The third kappa shape index (κ3) is 2.07. The molecule has 14 heavy (non-hydrogen) atoms. The lowest BCUT2D eigenvalue weighted by Gasteiger charge is -2.23. The van der Waals surface area contributed by atoms with Gasteiger partial charge in [0.15, 0.2) is 0 Å². The van der Waals surface area contributed by atoms with Crippen molar-refractivity contribution in [2.45, 2.75) is 18.8 Å². The van der Waals surface area contributed by atoms with E-state index in [0.29, 0.717) is 0 Å². The smallest absolute Gasteiger partial charge is 0.0337 e. The minimum atomic E-state index is 0.717. The lowest BCUT2D eigenvalue weighted by atomic mass is 9.92. The maximum absolute atomic E-state index is 3.45. The number of rotatable bonds is 2. The summed E-state index contributed by atoms with van der Waals surface area (Å²) in [5.41, 5.74) is 2.66. The van der Waals surface area contributed by atoms with Gasteiger partial charge in [0.2, 0.25) is 0 Å². The van der Waals surface area contributed by atoms with E-state index >= 15 is 0 Å². The standard InChI is InChI=1S/C12H18N2/c1-13-12-6-4-10(5-7-12)11-3-2-8-14-9-11/h4-7,11,13-14H,2-3,8-9H2,1H3/t11-/m1/s1. The van der Waals surface area contributed by atoms with Crippen molar-refractivity contribution in [3.05, 3.63) is 29.8 Å². The van der Waals surface area contributed by atoms with Crippen LogP contribution in [-0.4, -0.2) is 20.1 Å². The predicted molar refractivity (Wildman–Crippen MR) is 60.8 cm³/mol. The maximum Gasteiger partial charge on any atom is 0.0337 e. The Bertz CT molecular complexity index is 273. The van der Waals surface area contributed by atoms with Gasteiger partial charge < -0.3 is 10.6 Å². The summed E-state index contributed by atoms with van der Waals surface area (Å²) in [6.07, 6.45) is 2.63. The zero-order valence-electron chi connectivity index (χ0n) is 8.72. The van der Waals surface area contributed by atoms with E-state index in [1.165, 1.54) is 30.6 Å². The quantitative estimate of drug-likeness (QED) is 0.747. The topological polar surface area (TPSA) is 24.1 Å². The van der Waals surface area contributed by atoms with Crippen molar-refractivity contribution in [2.24, 2.45) is 0 Å². The fraction of sp³-hybridized carbons (Fsp3) is 0.500. The molecular weight excluding hydrogens is 172 g/mol. The average Bonchev–Trinajstić information content (AvgIpc) is 2.30. The van der Waals surface area contributed by atoms with Crippen molar-refractivity contribution >= 4 is 5.69 Å². The van der Waals surface area contributed by atoms with E-state index in [2.05, 4.69) is 34.9 Å². The molecule has 2 nitrogen and oxygen atoms in total. The molecule has 1 atom stereocenters. The highest BCUT2D eigenvalue weighted by Gasteiger charge is 2.14. The molecule has 0 aromatic heterocycles. The molecule has 0 amide bonds. The highest BCUT2D eigenvalue weighted by Crippen LogP contribution is 2.24. The zero-order chi connectivity index (χ0) is 9.80. The summed E-state index contributed by atoms with van der Waals surface area (Å²) in [6.45, 7) is 2.32. The van der Waals surface area contributed by atoms with E-state index in [9.17, 15) is 0 Å². The predicted octanol–water partition coefficient (Wildman–Crippen LogP) is 2.20. The van der Waals surface area contributed by atoms with Crippen molar-refractivity contribution < 1.29 is 0 Å². The van der Waals surface area contributed by atoms with E-state index in [-0.39, 0.29) is 0 Å². The molecule has 1 aliphatic heterocycles. The molecule has 2 heteroatoms. The Kier molecular flexibility index (Phi) is 3.04. The highest BCUT2D eigenvalue weighted by atomic mass is 14.9. The largest absolute Gasteiger partial charge is 0.388 e. The van der Waals surface area contributed by atoms with E-state index in [1.807, 2.05) is 7.05 Å². The van der Waals surface area contributed by atoms with Crippen LogP contribution in [0.4, 0.5) is 5.69 Å². The second-order valence-corrected chi connectivity index (χ2v) is 3.92. The van der Waals surface area contributed by atoms with Crippen LogP contribution in [0.1, 0.15) is 24.3 Å². The van der Waals surface area contributed by atoms with Gasteiger partial charge in [-0.3, -0.25) is 0 Å². The molecule has 2 N–H and O–H groups in total. The SMILES string of the molecule is CNc1ccc([C@@H]2CCCNC2)cc1. The first-order valence-corrected chi connectivity index (χ1v) is 5.38. The van der Waals surface area contributed by atoms with Crippen LogP contribution in [0.2, 0.25) is 0 Å². The van der Waals surface area contributed by atoms with Gasteiger partial charge in [0.25, 0.3) is 0 Å². The maximum atomic E-state index is 3.45. The molecule has 0 bridgehead atoms. The summed E-state index contributed by atoms with van der Waals surface area (Å²) in [7, 11) is 1.96. The number of anilines is 1. The monoisotopic (exact) mass is 190 g/mol. The Morgan fingerprint density at radius 1 is 1.29 bits per heavy atom. The van der Waals surface area contributed by atoms with Crippen LogP contribution in [-0.2, 0) is 0 Å². The molecule has 76 valence electrons. The fourth-order valence-corrected chi connectivity index (χ4v) is 2.06. The van der Waals surface area contributed by atoms with Crippen LogP contribution in [0.25, 0.3) is 0 Å². The minimum Gasteiger partial charge on any atom is -0.388 e. The van der Waals surface area contributed by atoms with Gasteiger partial charge in [0, 0.05) is 19.3 Å². The number of benzene rings is 1. The molecule has 1 heterocycles. The Morgan fingerprint density at radius 2 is 2.07 bits per heavy atom. The van der Waals surface area contributed by atoms with Crippen molar-refractivity contribution in [2.75, 3.05) is 25.5 Å². The van der Waals surface area contributed by atoms with Gasteiger partial charge in [-0.25, -0.2) is 0 Å². The Morgan fingerprint density at radius 3 is 2.64 bits per heavy atom. The van der Waals surface area contributed by atoms with Crippen LogP contribution in [0, 0.1) is 0 Å². The van der Waals surface area contributed by atoms with E-state index in [4.69, 9.17) is 0 Å². The summed E-state index contributed by atoms with van der Waals surface area (Å²) in [5.74, 6) is 0.717. The zero-order valence-corrected chi connectivity index (χ0v) is 8.72. The minimum absolute atomic E-state index is 0.717. The second kappa shape index (κ2) is 4.47. The van der Waals surface area contributed by atoms with Gasteiger partial charge in [0.05, 0.1) is 0 Å². The van der Waals surface area contributed by atoms with Crippen LogP contribution in [0.5, 0.6) is 0 Å². The lowest BCUT2D eigenvalue weighted by molar-refractivity contribution is 0.461. The molecule has 1 fully saturated rings. The van der Waals surface area contributed by atoms with E-state index in [0.717, 1.165) is 12.5 Å². The summed E-state index contributed by atoms with van der Waals surface area (Å²) in [4.78, 5) is 0. The van der Waals surface area contributed by atoms with Crippen LogP contribution in [0.15, 0.2) is 24.3 Å². The molecule has 1 aliphatic rings. The third-order valence-corrected chi connectivity index (χ3v) is 2.97. The van der Waals surface area contributed by atoms with Crippen LogP contribution >= 0.6 is 0 Å². The molecule has 0 radical (unpaired) electrons. The summed E-state index contributed by atoms with van der Waals surface area (Å²) >= 11 is 0. The van der Waals surface area contributed by atoms with Gasteiger partial charge in [-0.15, -0.1) is 0 Å². The molecule has 0 spiro atoms. The normalized spacial score (nSPS) is 21.9. The molecule has 1 aromatic carbocycles. The third-order valence-electron chi connectivity index (χ3n) is 2.97. The number of piperidine rings is 1. The van der Waals surface area contributed by atoms with Crippen molar-refractivity contribution in [1.82, 2.24) is 5.32 Å². The summed E-state index contributed by atoms with van der Waals surface area (Å²) < 4.78 is 0. The van der Waals surface area contributed by atoms with Crippen molar-refractivity contribution in [3.63, 3.8) is 0 Å². The van der Waals surface area contributed by atoms with Crippen LogP contribution < -0.4 is 10.6 Å². The number of hydrogen-bond donors (Lipinski definition) is 2. The molecular formula is C12H18N2. The molecule has 1 saturated heterocycles. The van der Waals surface area contributed by atoms with Gasteiger partial charge in [-0.05, 0) is 43.0 Å². The van der Waals surface area contributed by atoms with Gasteiger partial charge in [-0.2, -0.15) is 0 Å². The Hall–Kier alpha value is -1.02. The van der Waals surface area contributed by atoms with Crippen molar-refractivity contribution in [3.8, 4) is 0 Å². The average molecular weight is 190 g/mol. The molecule has 0 unspecified atom stereocenters. The van der Waals surface area contributed by atoms with Gasteiger partial charge in [0.1, 0.15) is 0 Å². The lowest BCUT2D eigenvalue weighted by Crippen LogP contribution is -2.28. The van der Waals surface area contributed by atoms with Gasteiger partial charge in [-0.1, -0.05) is 12.1 Å². The summed E-state index contributed by atoms with van der Waals surface area (Å²) in [5, 5.41) is 6.59. The molecule has 2 rings (SSSR count). The molecule has 1 aromatic rings. The van der Waals surface area contributed by atoms with Crippen molar-refractivity contribution in [1.29, 1.82) is 0 Å². The fourth-order valence-electron chi connectivity index (χ4n) is 2.06. The molecule has 0 saturated carbocycles. The Balaban J connectivity index is 2.07. The first kappa shape index (κ1) is 9.53. The van der Waals surface area contributed by atoms with Gasteiger partial charge >= 0.3 is 0 Å². The molecule has 0 aliphatic carbocycles. The number of hydrogen-bond acceptors (Lipinski definition) is 2. The van der Waals surface area contributed by atoms with E-state index < -0.39 is 0 Å². The van der Waals surface area contributed by atoms with Crippen LogP contribution in [0.3, 0.4) is 0 Å².